The van der Waals surface area contributed by atoms with E-state index in [1.807, 2.05) is 18.2 Å². The zero-order valence-electron chi connectivity index (χ0n) is 25.2. The third-order valence-electron chi connectivity index (χ3n) is 8.68. The molecule has 0 spiro atoms. The van der Waals surface area contributed by atoms with Crippen LogP contribution in [0.1, 0.15) is 50.3 Å². The second kappa shape index (κ2) is 11.6. The van der Waals surface area contributed by atoms with Gasteiger partial charge in [-0.1, -0.05) is 118 Å². The SMILES string of the molecule is CC(C)c1cc(-c2nc3ccccc3c3c2C(C)(C)c2ccccc2-3)[c-]c2ccccc12.Oc1cccc2cccnc12.[Ir]. The van der Waals surface area contributed by atoms with E-state index in [-0.39, 0.29) is 31.3 Å². The summed E-state index contributed by atoms with van der Waals surface area (Å²) < 4.78 is 0. The molecule has 5 aromatic carbocycles. The first kappa shape index (κ1) is 29.7. The molecule has 1 N–H and O–H groups in total. The van der Waals surface area contributed by atoms with Crippen molar-refractivity contribution in [1.82, 2.24) is 9.97 Å². The van der Waals surface area contributed by atoms with Gasteiger partial charge < -0.3 is 5.11 Å². The van der Waals surface area contributed by atoms with Crippen LogP contribution in [0.5, 0.6) is 5.75 Å². The first-order chi connectivity index (χ1) is 20.8. The molecule has 1 aliphatic carbocycles. The Bertz CT molecular complexity index is 2160. The first-order valence-electron chi connectivity index (χ1n) is 14.9. The van der Waals surface area contributed by atoms with Crippen LogP contribution < -0.4 is 0 Å². The molecule has 0 atom stereocenters. The summed E-state index contributed by atoms with van der Waals surface area (Å²) in [4.78, 5) is 9.30. The number of benzene rings is 5. The van der Waals surface area contributed by atoms with Crippen LogP contribution >= 0.6 is 0 Å². The van der Waals surface area contributed by atoms with Gasteiger partial charge in [-0.05, 0) is 46.4 Å². The number of nitrogens with zero attached hydrogens (tertiary/aromatic N) is 2. The fraction of sp³-hybridized carbons (Fsp3) is 0.150. The van der Waals surface area contributed by atoms with Crippen molar-refractivity contribution in [2.24, 2.45) is 0 Å². The Labute approximate surface area is 272 Å². The van der Waals surface area contributed by atoms with E-state index in [1.165, 1.54) is 38.6 Å². The van der Waals surface area contributed by atoms with Crippen LogP contribution in [-0.4, -0.2) is 15.1 Å². The molecule has 0 fully saturated rings. The summed E-state index contributed by atoms with van der Waals surface area (Å²) >= 11 is 0. The number of aromatic nitrogens is 2. The van der Waals surface area contributed by atoms with E-state index < -0.39 is 0 Å². The van der Waals surface area contributed by atoms with Crippen LogP contribution in [0.25, 0.3) is 55.0 Å². The van der Waals surface area contributed by atoms with Crippen molar-refractivity contribution in [1.29, 1.82) is 0 Å². The molecule has 2 aromatic heterocycles. The Kier molecular flexibility index (Phi) is 7.84. The smallest absolute Gasteiger partial charge is 0.141 e. The van der Waals surface area contributed by atoms with Crippen LogP contribution in [0.2, 0.25) is 0 Å². The average molecular weight is 750 g/mol. The van der Waals surface area contributed by atoms with E-state index in [0.29, 0.717) is 11.4 Å². The van der Waals surface area contributed by atoms with E-state index >= 15 is 0 Å². The Hall–Kier alpha value is -4.37. The molecule has 0 amide bonds. The molecule has 1 radical (unpaired) electrons. The van der Waals surface area contributed by atoms with Gasteiger partial charge in [0, 0.05) is 48.2 Å². The fourth-order valence-electron chi connectivity index (χ4n) is 6.63. The largest absolute Gasteiger partial charge is 0.506 e. The van der Waals surface area contributed by atoms with Crippen molar-refractivity contribution in [2.75, 3.05) is 0 Å². The van der Waals surface area contributed by atoms with Gasteiger partial charge >= 0.3 is 0 Å². The number of rotatable bonds is 2. The number of hydrogen-bond donors (Lipinski definition) is 1. The van der Waals surface area contributed by atoms with Crippen molar-refractivity contribution in [3.8, 4) is 28.1 Å². The summed E-state index contributed by atoms with van der Waals surface area (Å²) in [6.45, 7) is 9.21. The number of para-hydroxylation sites is 2. The molecule has 219 valence electrons. The third kappa shape index (κ3) is 4.89. The van der Waals surface area contributed by atoms with Crippen LogP contribution in [0, 0.1) is 6.07 Å². The molecule has 3 nitrogen and oxygen atoms in total. The quantitative estimate of drug-likeness (QED) is 0.179. The van der Waals surface area contributed by atoms with Crippen molar-refractivity contribution >= 4 is 32.6 Å². The molecule has 2 heterocycles. The second-order valence-electron chi connectivity index (χ2n) is 12.1. The molecule has 0 bridgehead atoms. The fourth-order valence-corrected chi connectivity index (χ4v) is 6.63. The van der Waals surface area contributed by atoms with Gasteiger partial charge in [0.2, 0.25) is 0 Å². The molecule has 1 aliphatic rings. The zero-order chi connectivity index (χ0) is 29.7. The molecule has 0 unspecified atom stereocenters. The van der Waals surface area contributed by atoms with E-state index in [9.17, 15) is 5.11 Å². The molecule has 8 rings (SSSR count). The normalized spacial score (nSPS) is 12.8. The summed E-state index contributed by atoms with van der Waals surface area (Å²) in [6, 6.07) is 41.2. The van der Waals surface area contributed by atoms with E-state index in [1.54, 1.807) is 18.3 Å². The molecule has 7 aromatic rings. The van der Waals surface area contributed by atoms with Crippen molar-refractivity contribution in [3.05, 3.63) is 138 Å². The molecule has 0 saturated heterocycles. The van der Waals surface area contributed by atoms with Crippen LogP contribution in [0.3, 0.4) is 0 Å². The Morgan fingerprint density at radius 3 is 2.27 bits per heavy atom. The summed E-state index contributed by atoms with van der Waals surface area (Å²) in [7, 11) is 0. The van der Waals surface area contributed by atoms with Gasteiger partial charge in [-0.3, -0.25) is 9.97 Å². The van der Waals surface area contributed by atoms with Gasteiger partial charge in [-0.25, -0.2) is 0 Å². The Morgan fingerprint density at radius 1 is 0.773 bits per heavy atom. The van der Waals surface area contributed by atoms with Gasteiger partial charge in [-0.2, -0.15) is 0 Å². The summed E-state index contributed by atoms with van der Waals surface area (Å²) in [5, 5.41) is 13.9. The topological polar surface area (TPSA) is 46.0 Å². The molecule has 4 heteroatoms. The maximum absolute atomic E-state index is 9.31. The van der Waals surface area contributed by atoms with Crippen LogP contribution in [0.15, 0.2) is 115 Å². The predicted octanol–water partition coefficient (Wildman–Crippen LogP) is 10.2. The third-order valence-corrected chi connectivity index (χ3v) is 8.68. The Morgan fingerprint density at radius 2 is 1.48 bits per heavy atom. The first-order valence-corrected chi connectivity index (χ1v) is 14.9. The van der Waals surface area contributed by atoms with Crippen molar-refractivity contribution in [3.63, 3.8) is 0 Å². The van der Waals surface area contributed by atoms with E-state index in [2.05, 4.69) is 118 Å². The van der Waals surface area contributed by atoms with Gasteiger partial charge in [-0.15, -0.1) is 29.1 Å². The number of pyridine rings is 2. The maximum Gasteiger partial charge on any atom is 0.141 e. The van der Waals surface area contributed by atoms with Gasteiger partial charge in [0.25, 0.3) is 0 Å². The molecule has 0 saturated carbocycles. The van der Waals surface area contributed by atoms with Crippen LogP contribution in [0.4, 0.5) is 0 Å². The summed E-state index contributed by atoms with van der Waals surface area (Å²) in [5.41, 5.74) is 10.4. The number of phenolic OH excluding ortho intramolecular Hbond substituents is 1. The van der Waals surface area contributed by atoms with Crippen molar-refractivity contribution in [2.45, 2.75) is 39.0 Å². The number of fused-ring (bicyclic) bond motifs is 7. The van der Waals surface area contributed by atoms with E-state index in [4.69, 9.17) is 4.98 Å². The Balaban J connectivity index is 0.000000241. The number of aromatic hydroxyl groups is 1. The van der Waals surface area contributed by atoms with Gasteiger partial charge in [0.1, 0.15) is 11.3 Å². The van der Waals surface area contributed by atoms with Gasteiger partial charge in [0.15, 0.2) is 0 Å². The minimum atomic E-state index is -0.129. The van der Waals surface area contributed by atoms with E-state index in [0.717, 1.165) is 27.5 Å². The van der Waals surface area contributed by atoms with Gasteiger partial charge in [0.05, 0.1) is 5.52 Å². The standard InChI is InChI=1S/C31H26N.C9H7NO.Ir/c1-19(2)25-18-21(17-20-11-5-6-12-22(20)25)30-29-28(24-14-8-10-16-27(24)32-30)23-13-7-9-15-26(23)31(29,3)4;11-8-5-1-3-7-4-2-6-10-9(7)8;/h5-16,18-19H,1-4H3;1-6,11H;/q-1;;. The summed E-state index contributed by atoms with van der Waals surface area (Å²) in [6.07, 6.45) is 1.67. The molecule has 0 aliphatic heterocycles. The molecular weight excluding hydrogens is 717 g/mol. The average Bonchev–Trinajstić information content (AvgIpc) is 3.28. The maximum atomic E-state index is 9.31. The second-order valence-corrected chi connectivity index (χ2v) is 12.1. The zero-order valence-corrected chi connectivity index (χ0v) is 27.6. The predicted molar refractivity (Wildman–Crippen MR) is 179 cm³/mol. The van der Waals surface area contributed by atoms with Crippen LogP contribution in [-0.2, 0) is 25.5 Å². The van der Waals surface area contributed by atoms with Crippen molar-refractivity contribution < 1.29 is 25.2 Å². The number of phenols is 1. The number of hydrogen-bond acceptors (Lipinski definition) is 3. The molecule has 44 heavy (non-hydrogen) atoms. The molecular formula is C40H33IrN2O-. The summed E-state index contributed by atoms with van der Waals surface area (Å²) in [5.74, 6) is 0.662. The monoisotopic (exact) mass is 750 g/mol. The minimum absolute atomic E-state index is 0. The minimum Gasteiger partial charge on any atom is -0.506 e.